The fraction of sp³-hybridized carbons (Fsp3) is 0.667. The van der Waals surface area contributed by atoms with Gasteiger partial charge in [-0.3, -0.25) is 4.79 Å². The van der Waals surface area contributed by atoms with Crippen molar-refractivity contribution in [2.75, 3.05) is 26.7 Å². The molecule has 0 N–H and O–H groups in total. The van der Waals surface area contributed by atoms with Gasteiger partial charge in [0.15, 0.2) is 0 Å². The van der Waals surface area contributed by atoms with E-state index in [0.29, 0.717) is 25.1 Å². The molecular weight excluding hydrogens is 312 g/mol. The molecule has 2 heterocycles. The summed E-state index contributed by atoms with van der Waals surface area (Å²) in [6.07, 6.45) is 5.24. The molecule has 1 amide bonds. The molecule has 1 aromatic rings. The number of benzene rings is 1. The number of aryl methyl sites for hydroxylation is 2. The molecule has 0 aromatic heterocycles. The van der Waals surface area contributed by atoms with E-state index in [2.05, 4.69) is 49.8 Å². The maximum Gasteiger partial charge on any atom is 0.226 e. The Bertz CT molecular complexity index is 629. The van der Waals surface area contributed by atoms with E-state index in [1.54, 1.807) is 0 Å². The number of hydrogen-bond donors (Lipinski definition) is 0. The highest BCUT2D eigenvalue weighted by molar-refractivity contribution is 5.77. The molecule has 138 valence electrons. The Labute approximate surface area is 152 Å². The molecule has 25 heavy (non-hydrogen) atoms. The third-order valence-corrected chi connectivity index (χ3v) is 5.98. The van der Waals surface area contributed by atoms with E-state index in [9.17, 15) is 4.79 Å². The predicted octanol–water partition coefficient (Wildman–Crippen LogP) is 3.47. The zero-order valence-electron chi connectivity index (χ0n) is 16.2. The lowest BCUT2D eigenvalue weighted by molar-refractivity contribution is -0.133. The van der Waals surface area contributed by atoms with Crippen LogP contribution < -0.4 is 4.74 Å². The maximum atomic E-state index is 12.8. The summed E-state index contributed by atoms with van der Waals surface area (Å²) in [7, 11) is 2.20. The summed E-state index contributed by atoms with van der Waals surface area (Å²) < 4.78 is 5.95. The van der Waals surface area contributed by atoms with Crippen molar-refractivity contribution in [3.05, 3.63) is 28.8 Å². The Morgan fingerprint density at radius 1 is 1.12 bits per heavy atom. The first-order valence-corrected chi connectivity index (χ1v) is 9.67. The van der Waals surface area contributed by atoms with Crippen molar-refractivity contribution in [3.8, 4) is 5.75 Å². The molecular formula is C21H32N2O2. The smallest absolute Gasteiger partial charge is 0.226 e. The lowest BCUT2D eigenvalue weighted by atomic mass is 10.0. The van der Waals surface area contributed by atoms with Crippen molar-refractivity contribution >= 4 is 5.91 Å². The van der Waals surface area contributed by atoms with Crippen LogP contribution in [0.4, 0.5) is 0 Å². The lowest BCUT2D eigenvalue weighted by Crippen LogP contribution is -2.47. The molecule has 2 unspecified atom stereocenters. The Hall–Kier alpha value is -1.55. The average molecular weight is 344 g/mol. The van der Waals surface area contributed by atoms with Gasteiger partial charge < -0.3 is 14.5 Å². The highest BCUT2D eigenvalue weighted by atomic mass is 16.5. The molecule has 0 aliphatic carbocycles. The van der Waals surface area contributed by atoms with Gasteiger partial charge in [0.2, 0.25) is 5.91 Å². The van der Waals surface area contributed by atoms with Crippen LogP contribution in [0.25, 0.3) is 0 Å². The van der Waals surface area contributed by atoms with Crippen molar-refractivity contribution in [2.45, 2.75) is 65.0 Å². The van der Waals surface area contributed by atoms with Gasteiger partial charge in [-0.15, -0.1) is 0 Å². The largest absolute Gasteiger partial charge is 0.493 e. The van der Waals surface area contributed by atoms with Crippen molar-refractivity contribution in [3.63, 3.8) is 0 Å². The molecule has 2 saturated heterocycles. The van der Waals surface area contributed by atoms with E-state index >= 15 is 0 Å². The van der Waals surface area contributed by atoms with Gasteiger partial charge in [-0.1, -0.05) is 6.07 Å². The van der Waals surface area contributed by atoms with Gasteiger partial charge in [0.25, 0.3) is 0 Å². The van der Waals surface area contributed by atoms with Gasteiger partial charge in [-0.25, -0.2) is 0 Å². The van der Waals surface area contributed by atoms with Crippen molar-refractivity contribution in [1.82, 2.24) is 9.80 Å². The second-order valence-corrected chi connectivity index (χ2v) is 7.79. The predicted molar refractivity (Wildman–Crippen MR) is 101 cm³/mol. The molecule has 0 saturated carbocycles. The fourth-order valence-corrected chi connectivity index (χ4v) is 4.47. The number of hydrogen-bond acceptors (Lipinski definition) is 3. The standard InChI is InChI=1S/C21H32N2O2/c1-15-13-16(2)17(3)20(14-15)25-12-9-21(24)23-11-6-8-19(23)18-7-5-10-22(18)4/h13-14,18-19H,5-12H2,1-4H3. The lowest BCUT2D eigenvalue weighted by Gasteiger charge is -2.33. The van der Waals surface area contributed by atoms with E-state index < -0.39 is 0 Å². The normalized spacial score (nSPS) is 24.1. The number of nitrogens with zero attached hydrogens (tertiary/aromatic N) is 2. The van der Waals surface area contributed by atoms with Crippen LogP contribution in [0.5, 0.6) is 5.75 Å². The van der Waals surface area contributed by atoms with Crippen LogP contribution in [0.1, 0.15) is 48.8 Å². The van der Waals surface area contributed by atoms with Crippen LogP contribution in [0.3, 0.4) is 0 Å². The first-order valence-electron chi connectivity index (χ1n) is 9.67. The molecule has 2 fully saturated rings. The van der Waals surface area contributed by atoms with Crippen LogP contribution in [0.2, 0.25) is 0 Å². The number of carbonyl (C=O) groups is 1. The second kappa shape index (κ2) is 7.77. The minimum absolute atomic E-state index is 0.254. The van der Waals surface area contributed by atoms with Crippen LogP contribution in [-0.2, 0) is 4.79 Å². The Morgan fingerprint density at radius 2 is 1.84 bits per heavy atom. The van der Waals surface area contributed by atoms with Crippen molar-refractivity contribution < 1.29 is 9.53 Å². The number of rotatable bonds is 5. The monoisotopic (exact) mass is 344 g/mol. The maximum absolute atomic E-state index is 12.8. The summed E-state index contributed by atoms with van der Waals surface area (Å²) in [5.74, 6) is 1.17. The first-order chi connectivity index (χ1) is 12.0. The number of ether oxygens (including phenoxy) is 1. The number of carbonyl (C=O) groups excluding carboxylic acids is 1. The van der Waals surface area contributed by atoms with Gasteiger partial charge in [-0.05, 0) is 82.8 Å². The summed E-state index contributed by atoms with van der Waals surface area (Å²) in [5.41, 5.74) is 3.61. The van der Waals surface area contributed by atoms with Crippen molar-refractivity contribution in [2.24, 2.45) is 0 Å². The number of likely N-dealkylation sites (N-methyl/N-ethyl adjacent to an activating group) is 1. The molecule has 2 aliphatic heterocycles. The number of amides is 1. The van der Waals surface area contributed by atoms with Crippen LogP contribution >= 0.6 is 0 Å². The van der Waals surface area contributed by atoms with E-state index in [1.807, 2.05) is 0 Å². The van der Waals surface area contributed by atoms with Crippen LogP contribution in [0.15, 0.2) is 12.1 Å². The van der Waals surface area contributed by atoms with Crippen LogP contribution in [-0.4, -0.2) is 54.5 Å². The quantitative estimate of drug-likeness (QED) is 0.820. The zero-order valence-corrected chi connectivity index (χ0v) is 16.2. The molecule has 1 aromatic carbocycles. The zero-order chi connectivity index (χ0) is 18.0. The summed E-state index contributed by atoms with van der Waals surface area (Å²) >= 11 is 0. The highest BCUT2D eigenvalue weighted by Crippen LogP contribution is 2.29. The Kier molecular flexibility index (Phi) is 5.67. The summed E-state index contributed by atoms with van der Waals surface area (Å²) in [6, 6.07) is 5.19. The SMILES string of the molecule is Cc1cc(C)c(C)c(OCCC(=O)N2CCCC2C2CCCN2C)c1. The molecule has 3 rings (SSSR count). The highest BCUT2D eigenvalue weighted by Gasteiger charge is 2.38. The van der Waals surface area contributed by atoms with Gasteiger partial charge in [-0.2, -0.15) is 0 Å². The molecule has 0 spiro atoms. The third kappa shape index (κ3) is 4.00. The molecule has 0 bridgehead atoms. The van der Waals surface area contributed by atoms with Gasteiger partial charge in [0.05, 0.1) is 13.0 Å². The van der Waals surface area contributed by atoms with Gasteiger partial charge >= 0.3 is 0 Å². The van der Waals surface area contributed by atoms with E-state index in [1.165, 1.54) is 29.5 Å². The molecule has 4 nitrogen and oxygen atoms in total. The number of likely N-dealkylation sites (tertiary alicyclic amines) is 2. The fourth-order valence-electron chi connectivity index (χ4n) is 4.47. The summed E-state index contributed by atoms with van der Waals surface area (Å²) in [5, 5.41) is 0. The molecule has 4 heteroatoms. The molecule has 2 aliphatic rings. The summed E-state index contributed by atoms with van der Waals surface area (Å²) in [6.45, 7) is 8.81. The van der Waals surface area contributed by atoms with E-state index in [-0.39, 0.29) is 5.91 Å². The van der Waals surface area contributed by atoms with Crippen molar-refractivity contribution in [1.29, 1.82) is 0 Å². The minimum Gasteiger partial charge on any atom is -0.493 e. The van der Waals surface area contributed by atoms with E-state index in [4.69, 9.17) is 4.74 Å². The minimum atomic E-state index is 0.254. The van der Waals surface area contributed by atoms with E-state index in [0.717, 1.165) is 31.7 Å². The molecule has 2 atom stereocenters. The van der Waals surface area contributed by atoms with Gasteiger partial charge in [0, 0.05) is 18.6 Å². The third-order valence-electron chi connectivity index (χ3n) is 5.98. The van der Waals surface area contributed by atoms with Crippen LogP contribution in [0, 0.1) is 20.8 Å². The Balaban J connectivity index is 1.55. The van der Waals surface area contributed by atoms with Gasteiger partial charge in [0.1, 0.15) is 5.75 Å². The topological polar surface area (TPSA) is 32.8 Å². The first kappa shape index (κ1) is 18.2. The molecule has 0 radical (unpaired) electrons. The Morgan fingerprint density at radius 3 is 2.56 bits per heavy atom. The average Bonchev–Trinajstić information content (AvgIpc) is 3.20. The second-order valence-electron chi connectivity index (χ2n) is 7.79. The summed E-state index contributed by atoms with van der Waals surface area (Å²) in [4.78, 5) is 17.3.